The zero-order valence-electron chi connectivity index (χ0n) is 14.2. The number of halogens is 4. The first kappa shape index (κ1) is 19.0. The summed E-state index contributed by atoms with van der Waals surface area (Å²) in [7, 11) is 0. The summed E-state index contributed by atoms with van der Waals surface area (Å²) >= 11 is 6.04. The van der Waals surface area contributed by atoms with Gasteiger partial charge in [0.2, 0.25) is 0 Å². The van der Waals surface area contributed by atoms with Crippen LogP contribution in [-0.4, -0.2) is 28.5 Å². The van der Waals surface area contributed by atoms with Crippen LogP contribution >= 0.6 is 11.6 Å². The number of imidazole rings is 1. The molecule has 3 aromatic rings. The summed E-state index contributed by atoms with van der Waals surface area (Å²) < 4.78 is 44.9. The lowest BCUT2D eigenvalue weighted by molar-refractivity contribution is -0.141. The average Bonchev–Trinajstić information content (AvgIpc) is 2.97. The van der Waals surface area contributed by atoms with Crippen molar-refractivity contribution in [3.8, 4) is 11.3 Å². The van der Waals surface area contributed by atoms with Gasteiger partial charge in [0.25, 0.3) is 0 Å². The van der Waals surface area contributed by atoms with Crippen LogP contribution in [0.4, 0.5) is 19.0 Å². The van der Waals surface area contributed by atoms with Gasteiger partial charge >= 0.3 is 12.1 Å². The summed E-state index contributed by atoms with van der Waals surface area (Å²) in [6.45, 7) is 1.81. The summed E-state index contributed by atoms with van der Waals surface area (Å²) in [6, 6.07) is 7.97. The number of rotatable bonds is 5. The van der Waals surface area contributed by atoms with Gasteiger partial charge in [-0.1, -0.05) is 23.7 Å². The number of aromatic nitrogens is 2. The van der Waals surface area contributed by atoms with Crippen molar-refractivity contribution in [2.45, 2.75) is 13.1 Å². The molecule has 1 N–H and O–H groups in total. The number of fused-ring (bicyclic) bond motifs is 1. The molecule has 9 heteroatoms. The Morgan fingerprint density at radius 1 is 1.22 bits per heavy atom. The molecular weight excluding hydrogens is 383 g/mol. The first-order valence-electron chi connectivity index (χ1n) is 8.04. The molecule has 0 radical (unpaired) electrons. The Kier molecular flexibility index (Phi) is 5.27. The van der Waals surface area contributed by atoms with E-state index in [2.05, 4.69) is 10.3 Å². The first-order chi connectivity index (χ1) is 12.8. The highest BCUT2D eigenvalue weighted by Gasteiger charge is 2.30. The monoisotopic (exact) mass is 397 g/mol. The molecule has 0 fully saturated rings. The maximum absolute atomic E-state index is 12.8. The van der Waals surface area contributed by atoms with E-state index in [1.165, 1.54) is 12.1 Å². The third-order valence-electron chi connectivity index (χ3n) is 3.77. The predicted molar refractivity (Wildman–Crippen MR) is 95.8 cm³/mol. The number of anilines is 1. The molecule has 0 saturated carbocycles. The van der Waals surface area contributed by atoms with Gasteiger partial charge < -0.3 is 10.1 Å². The van der Waals surface area contributed by atoms with Crippen LogP contribution < -0.4 is 5.32 Å². The second kappa shape index (κ2) is 7.48. The first-order valence-corrected chi connectivity index (χ1v) is 8.42. The summed E-state index contributed by atoms with van der Waals surface area (Å²) in [5.41, 5.74) is 0.643. The highest BCUT2D eigenvalue weighted by Crippen LogP contribution is 2.33. The Balaban J connectivity index is 2.03. The van der Waals surface area contributed by atoms with E-state index in [0.717, 1.165) is 12.1 Å². The van der Waals surface area contributed by atoms with Crippen LogP contribution in [0.5, 0.6) is 0 Å². The van der Waals surface area contributed by atoms with Crippen LogP contribution in [0.1, 0.15) is 12.5 Å². The summed E-state index contributed by atoms with van der Waals surface area (Å²) in [6.07, 6.45) is -2.82. The molecule has 0 aliphatic rings. The fourth-order valence-corrected chi connectivity index (χ4v) is 2.73. The van der Waals surface area contributed by atoms with Crippen molar-refractivity contribution in [3.63, 3.8) is 0 Å². The molecule has 2 heterocycles. The Labute approximate surface area is 157 Å². The van der Waals surface area contributed by atoms with Crippen LogP contribution in [0.25, 0.3) is 16.9 Å². The number of hydrogen-bond acceptors (Lipinski definition) is 4. The number of nitrogens with one attached hydrogen (secondary N) is 1. The molecule has 0 unspecified atom stereocenters. The Hall–Kier alpha value is -2.74. The van der Waals surface area contributed by atoms with E-state index in [9.17, 15) is 18.0 Å². The molecule has 2 aromatic heterocycles. The zero-order chi connectivity index (χ0) is 19.6. The number of carbonyl (C=O) groups is 1. The number of hydrogen-bond donors (Lipinski definition) is 1. The lowest BCUT2D eigenvalue weighted by Crippen LogP contribution is -2.17. The van der Waals surface area contributed by atoms with Crippen LogP contribution in [-0.2, 0) is 15.7 Å². The van der Waals surface area contributed by atoms with Crippen molar-refractivity contribution in [3.05, 3.63) is 53.2 Å². The summed E-state index contributed by atoms with van der Waals surface area (Å²) in [4.78, 5) is 16.1. The normalized spacial score (nSPS) is 11.6. The number of benzene rings is 1. The van der Waals surface area contributed by atoms with Gasteiger partial charge in [0.1, 0.15) is 23.7 Å². The van der Waals surface area contributed by atoms with E-state index in [1.807, 2.05) is 0 Å². The highest BCUT2D eigenvalue weighted by atomic mass is 35.5. The van der Waals surface area contributed by atoms with Gasteiger partial charge in [0.15, 0.2) is 0 Å². The molecule has 3 rings (SSSR count). The quantitative estimate of drug-likeness (QED) is 0.637. The van der Waals surface area contributed by atoms with Crippen molar-refractivity contribution in [2.75, 3.05) is 18.5 Å². The minimum atomic E-state index is -4.42. The van der Waals surface area contributed by atoms with E-state index in [0.29, 0.717) is 27.7 Å². The van der Waals surface area contributed by atoms with Crippen LogP contribution in [0.15, 0.2) is 42.6 Å². The molecule has 0 saturated heterocycles. The fraction of sp³-hybridized carbons (Fsp3) is 0.222. The number of pyridine rings is 1. The van der Waals surface area contributed by atoms with Crippen LogP contribution in [0, 0.1) is 0 Å². The molecule has 5 nitrogen and oxygen atoms in total. The molecule has 0 aliphatic heterocycles. The van der Waals surface area contributed by atoms with E-state index < -0.39 is 17.7 Å². The SMILES string of the molecule is CCOC(=O)CNc1c(-c2ccc(C(F)(F)F)cc2)nc2ccc(Cl)cn12. The molecule has 142 valence electrons. The van der Waals surface area contributed by atoms with Gasteiger partial charge in [-0.25, -0.2) is 4.98 Å². The number of carbonyl (C=O) groups excluding carboxylic acids is 1. The van der Waals surface area contributed by atoms with Crippen LogP contribution in [0.3, 0.4) is 0 Å². The predicted octanol–water partition coefficient (Wildman–Crippen LogP) is 4.65. The lowest BCUT2D eigenvalue weighted by atomic mass is 10.1. The molecule has 0 aliphatic carbocycles. The van der Waals surface area contributed by atoms with Crippen LogP contribution in [0.2, 0.25) is 5.02 Å². The number of nitrogens with zero attached hydrogens (tertiary/aromatic N) is 2. The molecule has 1 aromatic carbocycles. The van der Waals surface area contributed by atoms with Gasteiger partial charge in [-0.15, -0.1) is 0 Å². The van der Waals surface area contributed by atoms with Gasteiger partial charge in [0.05, 0.1) is 17.2 Å². The Morgan fingerprint density at radius 2 is 1.93 bits per heavy atom. The minimum absolute atomic E-state index is 0.123. The van der Waals surface area contributed by atoms with Gasteiger partial charge in [-0.3, -0.25) is 9.20 Å². The third kappa shape index (κ3) is 4.16. The van der Waals surface area contributed by atoms with Gasteiger partial charge in [-0.2, -0.15) is 13.2 Å². The molecule has 0 spiro atoms. The number of esters is 1. The van der Waals surface area contributed by atoms with Crippen molar-refractivity contribution < 1.29 is 22.7 Å². The molecule has 0 bridgehead atoms. The number of ether oxygens (including phenoxy) is 1. The molecular formula is C18H15ClF3N3O2. The van der Waals surface area contributed by atoms with E-state index in [1.54, 1.807) is 29.7 Å². The van der Waals surface area contributed by atoms with Crippen molar-refractivity contribution >= 4 is 29.0 Å². The second-order valence-electron chi connectivity index (χ2n) is 5.62. The van der Waals surface area contributed by atoms with Gasteiger partial charge in [-0.05, 0) is 31.2 Å². The second-order valence-corrected chi connectivity index (χ2v) is 6.05. The average molecular weight is 398 g/mol. The third-order valence-corrected chi connectivity index (χ3v) is 4.00. The maximum atomic E-state index is 12.8. The smallest absolute Gasteiger partial charge is 0.416 e. The fourth-order valence-electron chi connectivity index (χ4n) is 2.57. The number of alkyl halides is 3. The van der Waals surface area contributed by atoms with Crippen molar-refractivity contribution in [2.24, 2.45) is 0 Å². The topological polar surface area (TPSA) is 55.6 Å². The van der Waals surface area contributed by atoms with E-state index >= 15 is 0 Å². The zero-order valence-corrected chi connectivity index (χ0v) is 14.9. The summed E-state index contributed by atoms with van der Waals surface area (Å²) in [5, 5.41) is 3.38. The Morgan fingerprint density at radius 3 is 2.56 bits per heavy atom. The molecule has 0 atom stereocenters. The van der Waals surface area contributed by atoms with E-state index in [4.69, 9.17) is 16.3 Å². The Bertz CT molecular complexity index is 968. The highest BCUT2D eigenvalue weighted by molar-refractivity contribution is 6.30. The largest absolute Gasteiger partial charge is 0.465 e. The minimum Gasteiger partial charge on any atom is -0.465 e. The van der Waals surface area contributed by atoms with Crippen molar-refractivity contribution in [1.82, 2.24) is 9.38 Å². The molecule has 27 heavy (non-hydrogen) atoms. The maximum Gasteiger partial charge on any atom is 0.416 e. The van der Waals surface area contributed by atoms with Crippen molar-refractivity contribution in [1.29, 1.82) is 0 Å². The standard InChI is InChI=1S/C18H15ClF3N3O2/c1-2-27-15(26)9-23-17-16(24-14-8-7-13(19)10-25(14)17)11-3-5-12(6-4-11)18(20,21)22/h3-8,10,23H,2,9H2,1H3. The van der Waals surface area contributed by atoms with E-state index in [-0.39, 0.29) is 13.2 Å². The summed E-state index contributed by atoms with van der Waals surface area (Å²) in [5.74, 6) is -0.0341. The van der Waals surface area contributed by atoms with Gasteiger partial charge in [0, 0.05) is 11.8 Å². The molecule has 0 amide bonds. The lowest BCUT2D eigenvalue weighted by Gasteiger charge is -2.10.